The Morgan fingerprint density at radius 1 is 1.22 bits per heavy atom. The van der Waals surface area contributed by atoms with Crippen molar-refractivity contribution in [2.75, 3.05) is 5.32 Å². The molecule has 0 spiro atoms. The van der Waals surface area contributed by atoms with Gasteiger partial charge in [0, 0.05) is 12.7 Å². The molecule has 1 aromatic heterocycles. The van der Waals surface area contributed by atoms with Crippen LogP contribution < -0.4 is 5.32 Å². The van der Waals surface area contributed by atoms with Gasteiger partial charge in [-0.05, 0) is 23.3 Å². The number of aromatic nitrogens is 1. The standard InChI is InChI=1S/C14H13N3O/c15-8-13-5-2-6-16-14(13)17-9-11-3-1-4-12(7-11)10-18/h1-7,18H,9-10H2,(H,16,17). The summed E-state index contributed by atoms with van der Waals surface area (Å²) in [4.78, 5) is 4.12. The zero-order valence-electron chi connectivity index (χ0n) is 9.80. The molecule has 0 unspecified atom stereocenters. The van der Waals surface area contributed by atoms with Gasteiger partial charge in [0.2, 0.25) is 0 Å². The average molecular weight is 239 g/mol. The monoisotopic (exact) mass is 239 g/mol. The van der Waals surface area contributed by atoms with Gasteiger partial charge in [0.25, 0.3) is 0 Å². The van der Waals surface area contributed by atoms with Crippen molar-refractivity contribution in [1.29, 1.82) is 5.26 Å². The number of hydrogen-bond donors (Lipinski definition) is 2. The first-order valence-corrected chi connectivity index (χ1v) is 5.61. The Morgan fingerprint density at radius 2 is 2.06 bits per heavy atom. The van der Waals surface area contributed by atoms with Gasteiger partial charge in [0.15, 0.2) is 0 Å². The molecule has 0 aliphatic heterocycles. The van der Waals surface area contributed by atoms with Crippen molar-refractivity contribution in [3.63, 3.8) is 0 Å². The first-order chi connectivity index (χ1) is 8.83. The molecule has 0 amide bonds. The fourth-order valence-corrected chi connectivity index (χ4v) is 1.66. The molecule has 2 rings (SSSR count). The van der Waals surface area contributed by atoms with Crippen LogP contribution in [0.2, 0.25) is 0 Å². The Hall–Kier alpha value is -2.38. The van der Waals surface area contributed by atoms with Gasteiger partial charge >= 0.3 is 0 Å². The molecule has 0 aliphatic carbocycles. The summed E-state index contributed by atoms with van der Waals surface area (Å²) in [7, 11) is 0. The fraction of sp³-hybridized carbons (Fsp3) is 0.143. The summed E-state index contributed by atoms with van der Waals surface area (Å²) >= 11 is 0. The topological polar surface area (TPSA) is 68.9 Å². The fourth-order valence-electron chi connectivity index (χ4n) is 1.66. The van der Waals surface area contributed by atoms with E-state index in [1.54, 1.807) is 18.3 Å². The summed E-state index contributed by atoms with van der Waals surface area (Å²) in [6, 6.07) is 13.2. The van der Waals surface area contributed by atoms with Crippen molar-refractivity contribution in [2.24, 2.45) is 0 Å². The molecule has 0 aliphatic rings. The van der Waals surface area contributed by atoms with Crippen LogP contribution in [0.3, 0.4) is 0 Å². The molecule has 1 heterocycles. The third-order valence-corrected chi connectivity index (χ3v) is 2.56. The molecule has 0 radical (unpaired) electrons. The highest BCUT2D eigenvalue weighted by Gasteiger charge is 2.02. The molecule has 0 saturated carbocycles. The van der Waals surface area contributed by atoms with E-state index in [1.165, 1.54) is 0 Å². The smallest absolute Gasteiger partial charge is 0.144 e. The maximum Gasteiger partial charge on any atom is 0.144 e. The molecule has 4 heteroatoms. The van der Waals surface area contributed by atoms with E-state index in [0.29, 0.717) is 17.9 Å². The number of nitriles is 1. The largest absolute Gasteiger partial charge is 0.392 e. The van der Waals surface area contributed by atoms with Gasteiger partial charge in [-0.3, -0.25) is 0 Å². The molecule has 0 saturated heterocycles. The Morgan fingerprint density at radius 3 is 2.83 bits per heavy atom. The first-order valence-electron chi connectivity index (χ1n) is 5.61. The number of rotatable bonds is 4. The zero-order valence-corrected chi connectivity index (χ0v) is 9.80. The third-order valence-electron chi connectivity index (χ3n) is 2.56. The maximum atomic E-state index is 9.05. The van der Waals surface area contributed by atoms with Gasteiger partial charge in [-0.1, -0.05) is 24.3 Å². The van der Waals surface area contributed by atoms with Crippen molar-refractivity contribution >= 4 is 5.82 Å². The van der Waals surface area contributed by atoms with E-state index in [2.05, 4.69) is 16.4 Å². The van der Waals surface area contributed by atoms with E-state index < -0.39 is 0 Å². The van der Waals surface area contributed by atoms with Crippen LogP contribution in [0.25, 0.3) is 0 Å². The quantitative estimate of drug-likeness (QED) is 0.856. The average Bonchev–Trinajstić information content (AvgIpc) is 2.45. The van der Waals surface area contributed by atoms with Gasteiger partial charge in [0.1, 0.15) is 11.9 Å². The molecular formula is C14H13N3O. The second kappa shape index (κ2) is 5.80. The Kier molecular flexibility index (Phi) is 3.90. The van der Waals surface area contributed by atoms with Gasteiger partial charge in [-0.25, -0.2) is 4.98 Å². The summed E-state index contributed by atoms with van der Waals surface area (Å²) < 4.78 is 0. The lowest BCUT2D eigenvalue weighted by Gasteiger charge is -2.07. The van der Waals surface area contributed by atoms with Crippen molar-refractivity contribution in [1.82, 2.24) is 4.98 Å². The lowest BCUT2D eigenvalue weighted by Crippen LogP contribution is -2.03. The summed E-state index contributed by atoms with van der Waals surface area (Å²) in [6.45, 7) is 0.598. The van der Waals surface area contributed by atoms with Gasteiger partial charge < -0.3 is 10.4 Å². The molecular weight excluding hydrogens is 226 g/mol. The van der Waals surface area contributed by atoms with Crippen LogP contribution in [0.15, 0.2) is 42.6 Å². The number of benzene rings is 1. The van der Waals surface area contributed by atoms with Crippen molar-refractivity contribution in [3.8, 4) is 6.07 Å². The highest BCUT2D eigenvalue weighted by molar-refractivity contribution is 5.51. The first kappa shape index (κ1) is 12.1. The van der Waals surface area contributed by atoms with Crippen LogP contribution in [0.4, 0.5) is 5.82 Å². The van der Waals surface area contributed by atoms with E-state index in [0.717, 1.165) is 11.1 Å². The van der Waals surface area contributed by atoms with Crippen LogP contribution in [0.5, 0.6) is 0 Å². The van der Waals surface area contributed by atoms with E-state index in [1.807, 2.05) is 24.3 Å². The number of anilines is 1. The number of aliphatic hydroxyl groups is 1. The van der Waals surface area contributed by atoms with E-state index in [4.69, 9.17) is 10.4 Å². The van der Waals surface area contributed by atoms with Crippen molar-refractivity contribution in [3.05, 3.63) is 59.3 Å². The van der Waals surface area contributed by atoms with E-state index in [9.17, 15) is 0 Å². The Labute approximate surface area is 106 Å². The predicted molar refractivity (Wildman–Crippen MR) is 68.6 cm³/mol. The summed E-state index contributed by atoms with van der Waals surface area (Å²) in [5.41, 5.74) is 2.43. The van der Waals surface area contributed by atoms with Crippen LogP contribution in [0, 0.1) is 11.3 Å². The molecule has 90 valence electrons. The normalized spacial score (nSPS) is 9.78. The SMILES string of the molecule is N#Cc1cccnc1NCc1cccc(CO)c1. The molecule has 2 aromatic rings. The van der Waals surface area contributed by atoms with Crippen molar-refractivity contribution < 1.29 is 5.11 Å². The Balaban J connectivity index is 2.09. The molecule has 0 bridgehead atoms. The highest BCUT2D eigenvalue weighted by atomic mass is 16.3. The molecule has 4 nitrogen and oxygen atoms in total. The number of aliphatic hydroxyl groups excluding tert-OH is 1. The number of hydrogen-bond acceptors (Lipinski definition) is 4. The maximum absolute atomic E-state index is 9.05. The molecule has 2 N–H and O–H groups in total. The number of nitrogens with one attached hydrogen (secondary N) is 1. The zero-order chi connectivity index (χ0) is 12.8. The van der Waals surface area contributed by atoms with E-state index >= 15 is 0 Å². The van der Waals surface area contributed by atoms with Crippen molar-refractivity contribution in [2.45, 2.75) is 13.2 Å². The molecule has 0 atom stereocenters. The van der Waals surface area contributed by atoms with Crippen LogP contribution in [0.1, 0.15) is 16.7 Å². The third kappa shape index (κ3) is 2.84. The second-order valence-electron chi connectivity index (χ2n) is 3.84. The van der Waals surface area contributed by atoms with Gasteiger partial charge in [0.05, 0.1) is 12.2 Å². The Bertz CT molecular complexity index is 575. The van der Waals surface area contributed by atoms with Crippen LogP contribution in [-0.2, 0) is 13.2 Å². The summed E-state index contributed by atoms with van der Waals surface area (Å²) in [5, 5.41) is 21.1. The summed E-state index contributed by atoms with van der Waals surface area (Å²) in [6.07, 6.45) is 1.65. The van der Waals surface area contributed by atoms with E-state index in [-0.39, 0.29) is 6.61 Å². The highest BCUT2D eigenvalue weighted by Crippen LogP contribution is 2.12. The number of pyridine rings is 1. The second-order valence-corrected chi connectivity index (χ2v) is 3.84. The lowest BCUT2D eigenvalue weighted by atomic mass is 10.1. The minimum absolute atomic E-state index is 0.0286. The predicted octanol–water partition coefficient (Wildman–Crippen LogP) is 2.06. The number of nitrogens with zero attached hydrogens (tertiary/aromatic N) is 2. The molecule has 1 aromatic carbocycles. The minimum Gasteiger partial charge on any atom is -0.392 e. The van der Waals surface area contributed by atoms with Crippen LogP contribution >= 0.6 is 0 Å². The van der Waals surface area contributed by atoms with Crippen LogP contribution in [-0.4, -0.2) is 10.1 Å². The lowest BCUT2D eigenvalue weighted by molar-refractivity contribution is 0.281. The molecule has 18 heavy (non-hydrogen) atoms. The molecule has 0 fully saturated rings. The summed E-state index contributed by atoms with van der Waals surface area (Å²) in [5.74, 6) is 0.578. The van der Waals surface area contributed by atoms with Gasteiger partial charge in [-0.2, -0.15) is 5.26 Å². The van der Waals surface area contributed by atoms with Gasteiger partial charge in [-0.15, -0.1) is 0 Å². The minimum atomic E-state index is 0.0286.